The topological polar surface area (TPSA) is 128 Å². The molecule has 19 heavy (non-hydrogen) atoms. The van der Waals surface area contributed by atoms with Crippen LogP contribution in [0, 0.1) is 0 Å². The van der Waals surface area contributed by atoms with Gasteiger partial charge in [0.05, 0.1) is 12.7 Å². The summed E-state index contributed by atoms with van der Waals surface area (Å²) in [4.78, 5) is 19.1. The second-order valence-corrected chi connectivity index (χ2v) is 4.35. The number of imidazole rings is 1. The molecule has 3 atom stereocenters. The smallest absolute Gasteiger partial charge is 0.357 e. The Kier molecular flexibility index (Phi) is 2.73. The van der Waals surface area contributed by atoms with E-state index < -0.39 is 24.1 Å². The first-order chi connectivity index (χ1) is 9.10. The summed E-state index contributed by atoms with van der Waals surface area (Å²) in [6, 6.07) is 0. The molecule has 0 bridgehead atoms. The number of aromatic nitrogens is 4. The summed E-state index contributed by atoms with van der Waals surface area (Å²) >= 11 is 0. The molecule has 0 spiro atoms. The van der Waals surface area contributed by atoms with E-state index in [2.05, 4.69) is 9.97 Å². The lowest BCUT2D eigenvalue weighted by atomic mass is 10.2. The SMILES string of the molecule is Nc1nc(=O)n2ccn([C@H]3C[C@H](O)[C@@H](CO)O3)c2n1. The zero-order chi connectivity index (χ0) is 13.6. The van der Waals surface area contributed by atoms with Gasteiger partial charge in [0, 0.05) is 18.8 Å². The first kappa shape index (κ1) is 12.1. The second kappa shape index (κ2) is 4.30. The molecule has 1 aliphatic rings. The quantitative estimate of drug-likeness (QED) is 0.580. The fourth-order valence-electron chi connectivity index (χ4n) is 2.21. The van der Waals surface area contributed by atoms with E-state index in [0.717, 1.165) is 0 Å². The van der Waals surface area contributed by atoms with E-state index in [0.29, 0.717) is 6.42 Å². The van der Waals surface area contributed by atoms with Crippen molar-refractivity contribution in [3.05, 3.63) is 22.9 Å². The Morgan fingerprint density at radius 2 is 2.26 bits per heavy atom. The highest BCUT2D eigenvalue weighted by Crippen LogP contribution is 2.29. The van der Waals surface area contributed by atoms with E-state index in [4.69, 9.17) is 15.6 Å². The van der Waals surface area contributed by atoms with Crippen LogP contribution in [0.2, 0.25) is 0 Å². The maximum atomic E-state index is 11.6. The summed E-state index contributed by atoms with van der Waals surface area (Å²) in [6.07, 6.45) is 1.49. The van der Waals surface area contributed by atoms with Crippen molar-refractivity contribution in [2.45, 2.75) is 24.9 Å². The molecule has 0 aromatic carbocycles. The van der Waals surface area contributed by atoms with Crippen molar-refractivity contribution >= 4 is 11.7 Å². The summed E-state index contributed by atoms with van der Waals surface area (Å²) in [7, 11) is 0. The van der Waals surface area contributed by atoms with Crippen LogP contribution in [-0.4, -0.2) is 48.0 Å². The number of hydrogen-bond acceptors (Lipinski definition) is 7. The van der Waals surface area contributed by atoms with Gasteiger partial charge >= 0.3 is 5.69 Å². The monoisotopic (exact) mass is 267 g/mol. The van der Waals surface area contributed by atoms with E-state index in [1.807, 2.05) is 0 Å². The molecule has 102 valence electrons. The molecule has 0 amide bonds. The lowest BCUT2D eigenvalue weighted by molar-refractivity contribution is -0.0432. The molecular weight excluding hydrogens is 254 g/mol. The molecule has 4 N–H and O–H groups in total. The number of nitrogen functional groups attached to an aromatic ring is 1. The van der Waals surface area contributed by atoms with Gasteiger partial charge in [-0.1, -0.05) is 0 Å². The van der Waals surface area contributed by atoms with E-state index in [1.165, 1.54) is 10.6 Å². The number of aliphatic hydroxyl groups excluding tert-OH is 2. The van der Waals surface area contributed by atoms with Gasteiger partial charge in [0.1, 0.15) is 12.3 Å². The molecule has 0 saturated carbocycles. The van der Waals surface area contributed by atoms with Crippen LogP contribution in [0.4, 0.5) is 5.95 Å². The van der Waals surface area contributed by atoms with Gasteiger partial charge in [-0.15, -0.1) is 0 Å². The molecule has 3 rings (SSSR count). The fraction of sp³-hybridized carbons (Fsp3) is 0.500. The molecule has 9 nitrogen and oxygen atoms in total. The molecule has 0 unspecified atom stereocenters. The third-order valence-corrected chi connectivity index (χ3v) is 3.15. The third kappa shape index (κ3) is 1.87. The molecule has 2 aromatic heterocycles. The summed E-state index contributed by atoms with van der Waals surface area (Å²) in [6.45, 7) is -0.270. The van der Waals surface area contributed by atoms with Crippen LogP contribution in [0.5, 0.6) is 0 Å². The van der Waals surface area contributed by atoms with Gasteiger partial charge < -0.3 is 20.7 Å². The normalized spacial score (nSPS) is 27.2. The first-order valence-corrected chi connectivity index (χ1v) is 5.77. The summed E-state index contributed by atoms with van der Waals surface area (Å²) in [5.74, 6) is 0.162. The highest BCUT2D eigenvalue weighted by molar-refractivity contribution is 5.34. The molecule has 0 radical (unpaired) electrons. The lowest BCUT2D eigenvalue weighted by Gasteiger charge is -2.13. The largest absolute Gasteiger partial charge is 0.394 e. The van der Waals surface area contributed by atoms with Crippen LogP contribution < -0.4 is 11.4 Å². The Balaban J connectivity index is 2.05. The zero-order valence-electron chi connectivity index (χ0n) is 9.88. The number of aliphatic hydroxyl groups is 2. The minimum Gasteiger partial charge on any atom is -0.394 e. The third-order valence-electron chi connectivity index (χ3n) is 3.15. The molecule has 1 saturated heterocycles. The summed E-state index contributed by atoms with van der Waals surface area (Å²) in [5.41, 5.74) is 4.92. The molecule has 0 aliphatic carbocycles. The summed E-state index contributed by atoms with van der Waals surface area (Å²) in [5, 5.41) is 18.8. The van der Waals surface area contributed by atoms with Crippen molar-refractivity contribution in [3.63, 3.8) is 0 Å². The van der Waals surface area contributed by atoms with Gasteiger partial charge in [-0.2, -0.15) is 9.97 Å². The van der Waals surface area contributed by atoms with Crippen LogP contribution >= 0.6 is 0 Å². The maximum absolute atomic E-state index is 11.6. The van der Waals surface area contributed by atoms with E-state index in [9.17, 15) is 9.90 Å². The summed E-state index contributed by atoms with van der Waals surface area (Å²) < 4.78 is 8.32. The first-order valence-electron chi connectivity index (χ1n) is 5.77. The van der Waals surface area contributed by atoms with Gasteiger partial charge in [-0.25, -0.2) is 9.20 Å². The Hall–Kier alpha value is -1.97. The number of rotatable bonds is 2. The lowest BCUT2D eigenvalue weighted by Crippen LogP contribution is -2.24. The molecular formula is C10H13N5O4. The van der Waals surface area contributed by atoms with Crippen LogP contribution in [0.1, 0.15) is 12.6 Å². The molecule has 9 heteroatoms. The van der Waals surface area contributed by atoms with E-state index in [-0.39, 0.29) is 18.3 Å². The standard InChI is InChI=1S/C10H13N5O4/c11-8-12-9-14(1-2-15(9)10(18)13-8)7-3-5(17)6(4-16)19-7/h1-2,5-7,16-17H,3-4H2,(H2,11,13,18)/t5-,6+,7+/m0/s1. The molecule has 1 fully saturated rings. The van der Waals surface area contributed by atoms with Crippen molar-refractivity contribution in [2.75, 3.05) is 12.3 Å². The Morgan fingerprint density at radius 1 is 1.47 bits per heavy atom. The van der Waals surface area contributed by atoms with Crippen molar-refractivity contribution < 1.29 is 14.9 Å². The van der Waals surface area contributed by atoms with Crippen molar-refractivity contribution in [2.24, 2.45) is 0 Å². The van der Waals surface area contributed by atoms with Crippen molar-refractivity contribution in [1.82, 2.24) is 18.9 Å². The van der Waals surface area contributed by atoms with Crippen molar-refractivity contribution in [3.8, 4) is 0 Å². The number of nitrogens with zero attached hydrogens (tertiary/aromatic N) is 4. The minimum atomic E-state index is -0.761. The highest BCUT2D eigenvalue weighted by Gasteiger charge is 2.35. The Bertz CT molecular complexity index is 665. The van der Waals surface area contributed by atoms with Gasteiger partial charge in [-0.3, -0.25) is 4.57 Å². The maximum Gasteiger partial charge on any atom is 0.357 e. The van der Waals surface area contributed by atoms with Crippen LogP contribution in [0.25, 0.3) is 5.78 Å². The van der Waals surface area contributed by atoms with Crippen LogP contribution in [0.3, 0.4) is 0 Å². The minimum absolute atomic E-state index is 0.123. The average Bonchev–Trinajstić information content (AvgIpc) is 2.92. The highest BCUT2D eigenvalue weighted by atomic mass is 16.5. The second-order valence-electron chi connectivity index (χ2n) is 4.35. The number of fused-ring (bicyclic) bond motifs is 1. The number of anilines is 1. The van der Waals surface area contributed by atoms with E-state index >= 15 is 0 Å². The van der Waals surface area contributed by atoms with Gasteiger partial charge in [0.25, 0.3) is 0 Å². The molecule has 2 aromatic rings. The van der Waals surface area contributed by atoms with Crippen LogP contribution in [0.15, 0.2) is 17.2 Å². The van der Waals surface area contributed by atoms with Gasteiger partial charge in [-0.05, 0) is 0 Å². The predicted octanol–water partition coefficient (Wildman–Crippen LogP) is -1.89. The van der Waals surface area contributed by atoms with Gasteiger partial charge in [0.2, 0.25) is 11.7 Å². The number of hydrogen-bond donors (Lipinski definition) is 3. The van der Waals surface area contributed by atoms with Crippen LogP contribution in [-0.2, 0) is 4.74 Å². The number of nitrogens with two attached hydrogens (primary N) is 1. The van der Waals surface area contributed by atoms with Gasteiger partial charge in [0.15, 0.2) is 0 Å². The Morgan fingerprint density at radius 3 is 2.95 bits per heavy atom. The average molecular weight is 267 g/mol. The Labute approximate surface area is 106 Å². The fourth-order valence-corrected chi connectivity index (χ4v) is 2.21. The zero-order valence-corrected chi connectivity index (χ0v) is 9.88. The predicted molar refractivity (Wildman–Crippen MR) is 63.3 cm³/mol. The molecule has 1 aliphatic heterocycles. The van der Waals surface area contributed by atoms with E-state index in [1.54, 1.807) is 10.8 Å². The number of ether oxygens (including phenoxy) is 1. The van der Waals surface area contributed by atoms with Crippen molar-refractivity contribution in [1.29, 1.82) is 0 Å². The molecule has 3 heterocycles.